The van der Waals surface area contributed by atoms with Crippen LogP contribution in [0.5, 0.6) is 0 Å². The number of nitrogens with zero attached hydrogens (tertiary/aromatic N) is 1. The van der Waals surface area contributed by atoms with Crippen LogP contribution in [0, 0.1) is 5.92 Å². The lowest BCUT2D eigenvalue weighted by molar-refractivity contribution is 0.473. The van der Waals surface area contributed by atoms with Gasteiger partial charge >= 0.3 is 0 Å². The van der Waals surface area contributed by atoms with Gasteiger partial charge < -0.3 is 5.10 Å². The number of aromatic amines is 1. The highest BCUT2D eigenvalue weighted by molar-refractivity contribution is 5.61. The minimum Gasteiger partial charge on any atom is -0.302 e. The molecular formula is C13H16N2O. The van der Waals surface area contributed by atoms with Crippen molar-refractivity contribution in [2.45, 2.75) is 20.4 Å². The van der Waals surface area contributed by atoms with Crippen molar-refractivity contribution in [3.05, 3.63) is 46.9 Å². The second-order valence-corrected chi connectivity index (χ2v) is 4.36. The molecule has 0 aliphatic heterocycles. The molecule has 16 heavy (non-hydrogen) atoms. The molecule has 1 aromatic heterocycles. The van der Waals surface area contributed by atoms with Crippen molar-refractivity contribution in [2.24, 2.45) is 5.92 Å². The summed E-state index contributed by atoms with van der Waals surface area (Å²) >= 11 is 0. The summed E-state index contributed by atoms with van der Waals surface area (Å²) in [6.07, 6.45) is 1.78. The van der Waals surface area contributed by atoms with E-state index in [4.69, 9.17) is 0 Å². The zero-order valence-electron chi connectivity index (χ0n) is 9.60. The van der Waals surface area contributed by atoms with E-state index in [1.165, 1.54) is 0 Å². The molecule has 3 nitrogen and oxygen atoms in total. The van der Waals surface area contributed by atoms with Crippen molar-refractivity contribution in [1.82, 2.24) is 9.78 Å². The average molecular weight is 216 g/mol. The van der Waals surface area contributed by atoms with Crippen LogP contribution in [0.2, 0.25) is 0 Å². The highest BCUT2D eigenvalue weighted by atomic mass is 16.1. The summed E-state index contributed by atoms with van der Waals surface area (Å²) in [6, 6.07) is 9.72. The van der Waals surface area contributed by atoms with Crippen LogP contribution >= 0.6 is 0 Å². The molecule has 0 aliphatic rings. The Morgan fingerprint density at radius 1 is 1.25 bits per heavy atom. The second-order valence-electron chi connectivity index (χ2n) is 4.36. The predicted octanol–water partition coefficient (Wildman–Crippen LogP) is 2.50. The van der Waals surface area contributed by atoms with Crippen molar-refractivity contribution in [2.75, 3.05) is 0 Å². The molecule has 0 saturated carbocycles. The van der Waals surface area contributed by atoms with Crippen molar-refractivity contribution in [3.63, 3.8) is 0 Å². The first-order chi connectivity index (χ1) is 7.68. The Balaban J connectivity index is 2.38. The number of hydrogen-bond donors (Lipinski definition) is 1. The minimum atomic E-state index is 0.0555. The van der Waals surface area contributed by atoms with Gasteiger partial charge in [-0.25, -0.2) is 0 Å². The summed E-state index contributed by atoms with van der Waals surface area (Å²) in [4.78, 5) is 12.0. The maximum absolute atomic E-state index is 12.0. The lowest BCUT2D eigenvalue weighted by atomic mass is 10.1. The van der Waals surface area contributed by atoms with E-state index < -0.39 is 0 Å². The zero-order chi connectivity index (χ0) is 11.5. The molecule has 3 heteroatoms. The number of benzene rings is 1. The highest BCUT2D eigenvalue weighted by Gasteiger charge is 2.08. The molecule has 0 saturated heterocycles. The van der Waals surface area contributed by atoms with Crippen molar-refractivity contribution in [3.8, 4) is 11.1 Å². The van der Waals surface area contributed by atoms with E-state index >= 15 is 0 Å². The number of H-pyrrole nitrogens is 1. The Labute approximate surface area is 94.7 Å². The summed E-state index contributed by atoms with van der Waals surface area (Å²) in [7, 11) is 0. The lowest BCUT2D eigenvalue weighted by Crippen LogP contribution is -2.20. The molecule has 1 N–H and O–H groups in total. The van der Waals surface area contributed by atoms with Gasteiger partial charge in [-0.3, -0.25) is 9.48 Å². The van der Waals surface area contributed by atoms with Gasteiger partial charge in [-0.05, 0) is 11.5 Å². The van der Waals surface area contributed by atoms with Crippen LogP contribution in [0.3, 0.4) is 0 Å². The fourth-order valence-corrected chi connectivity index (χ4v) is 1.73. The number of nitrogens with one attached hydrogen (secondary N) is 1. The normalized spacial score (nSPS) is 10.9. The fourth-order valence-electron chi connectivity index (χ4n) is 1.73. The molecule has 1 aromatic carbocycles. The molecule has 0 spiro atoms. The van der Waals surface area contributed by atoms with Gasteiger partial charge in [0.25, 0.3) is 5.56 Å². The van der Waals surface area contributed by atoms with Crippen LogP contribution in [-0.2, 0) is 6.54 Å². The van der Waals surface area contributed by atoms with E-state index in [9.17, 15) is 4.79 Å². The molecule has 0 aliphatic carbocycles. The minimum absolute atomic E-state index is 0.0555. The molecule has 2 rings (SSSR count). The molecule has 0 fully saturated rings. The molecule has 1 heterocycles. The number of hydrogen-bond acceptors (Lipinski definition) is 1. The van der Waals surface area contributed by atoms with E-state index in [1.54, 1.807) is 10.9 Å². The summed E-state index contributed by atoms with van der Waals surface area (Å²) in [5.74, 6) is 0.458. The largest absolute Gasteiger partial charge is 0.302 e. The van der Waals surface area contributed by atoms with Crippen LogP contribution in [0.25, 0.3) is 11.1 Å². The Morgan fingerprint density at radius 2 is 1.94 bits per heavy atom. The summed E-state index contributed by atoms with van der Waals surface area (Å²) in [5, 5.41) is 3.01. The van der Waals surface area contributed by atoms with E-state index in [0.717, 1.165) is 17.7 Å². The van der Waals surface area contributed by atoms with E-state index in [2.05, 4.69) is 18.9 Å². The smallest absolute Gasteiger partial charge is 0.274 e. The Hall–Kier alpha value is -1.77. The third-order valence-electron chi connectivity index (χ3n) is 2.47. The number of aromatic nitrogens is 2. The average Bonchev–Trinajstić information content (AvgIpc) is 2.61. The van der Waals surface area contributed by atoms with Crippen LogP contribution in [0.4, 0.5) is 0 Å². The van der Waals surface area contributed by atoms with Gasteiger partial charge in [0.15, 0.2) is 0 Å². The monoisotopic (exact) mass is 216 g/mol. The van der Waals surface area contributed by atoms with Gasteiger partial charge in [0.1, 0.15) is 0 Å². The standard InChI is InChI=1S/C13H16N2O/c1-10(2)9-15-13(16)12(8-14-15)11-6-4-3-5-7-11/h3-8,10,14H,9H2,1-2H3. The summed E-state index contributed by atoms with van der Waals surface area (Å²) in [6.45, 7) is 4.91. The van der Waals surface area contributed by atoms with Crippen LogP contribution in [0.1, 0.15) is 13.8 Å². The zero-order valence-corrected chi connectivity index (χ0v) is 9.60. The maximum atomic E-state index is 12.0. The molecule has 0 amide bonds. The SMILES string of the molecule is CC(C)Cn1[nH]cc(-c2ccccc2)c1=O. The van der Waals surface area contributed by atoms with Gasteiger partial charge in [-0.2, -0.15) is 0 Å². The summed E-state index contributed by atoms with van der Waals surface area (Å²) < 4.78 is 1.66. The molecular weight excluding hydrogens is 200 g/mol. The van der Waals surface area contributed by atoms with Crippen molar-refractivity contribution < 1.29 is 0 Å². The molecule has 0 bridgehead atoms. The first kappa shape index (κ1) is 10.7. The molecule has 0 unspecified atom stereocenters. The Bertz CT molecular complexity index is 508. The molecule has 0 atom stereocenters. The van der Waals surface area contributed by atoms with E-state index in [1.807, 2.05) is 30.3 Å². The summed E-state index contributed by atoms with van der Waals surface area (Å²) in [5.41, 5.74) is 1.76. The quantitative estimate of drug-likeness (QED) is 0.841. The Kier molecular flexibility index (Phi) is 2.95. The first-order valence-corrected chi connectivity index (χ1v) is 5.52. The second kappa shape index (κ2) is 4.39. The lowest BCUT2D eigenvalue weighted by Gasteiger charge is -2.03. The third-order valence-corrected chi connectivity index (χ3v) is 2.47. The van der Waals surface area contributed by atoms with Gasteiger partial charge in [0, 0.05) is 12.7 Å². The topological polar surface area (TPSA) is 37.8 Å². The van der Waals surface area contributed by atoms with Gasteiger partial charge in [0.2, 0.25) is 0 Å². The van der Waals surface area contributed by atoms with Crippen LogP contribution in [0.15, 0.2) is 41.3 Å². The molecule has 2 aromatic rings. The van der Waals surface area contributed by atoms with Crippen LogP contribution in [-0.4, -0.2) is 9.78 Å². The maximum Gasteiger partial charge on any atom is 0.274 e. The number of rotatable bonds is 3. The van der Waals surface area contributed by atoms with Crippen molar-refractivity contribution in [1.29, 1.82) is 0 Å². The molecule has 84 valence electrons. The van der Waals surface area contributed by atoms with Gasteiger partial charge in [-0.15, -0.1) is 0 Å². The van der Waals surface area contributed by atoms with Gasteiger partial charge in [0.05, 0.1) is 5.56 Å². The van der Waals surface area contributed by atoms with E-state index in [0.29, 0.717) is 5.92 Å². The third kappa shape index (κ3) is 2.08. The van der Waals surface area contributed by atoms with Gasteiger partial charge in [-0.1, -0.05) is 44.2 Å². The van der Waals surface area contributed by atoms with Crippen molar-refractivity contribution >= 4 is 0 Å². The first-order valence-electron chi connectivity index (χ1n) is 5.52. The van der Waals surface area contributed by atoms with E-state index in [-0.39, 0.29) is 5.56 Å². The highest BCUT2D eigenvalue weighted by Crippen LogP contribution is 2.13. The van der Waals surface area contributed by atoms with Crippen LogP contribution < -0.4 is 5.56 Å². The Morgan fingerprint density at radius 3 is 2.56 bits per heavy atom. The predicted molar refractivity (Wildman–Crippen MR) is 65.3 cm³/mol. The molecule has 0 radical (unpaired) electrons. The fraction of sp³-hybridized carbons (Fsp3) is 0.308.